The molecular weight excluding hydrogens is 244 g/mol. The first-order valence-electron chi connectivity index (χ1n) is 7.22. The van der Waals surface area contributed by atoms with Crippen LogP contribution in [0.1, 0.15) is 52.9 Å². The SMILES string of the molecule is CCN(CC(C)C)C(=O)NCCCCCCC(=O)O. The molecule has 0 aromatic carbocycles. The minimum absolute atomic E-state index is 0.00161. The monoisotopic (exact) mass is 272 g/mol. The Hall–Kier alpha value is -1.26. The summed E-state index contributed by atoms with van der Waals surface area (Å²) in [4.78, 5) is 24.0. The Labute approximate surface area is 116 Å². The number of carbonyl (C=O) groups is 2. The van der Waals surface area contributed by atoms with Gasteiger partial charge in [0.1, 0.15) is 0 Å². The highest BCUT2D eigenvalue weighted by molar-refractivity contribution is 5.74. The molecule has 0 atom stereocenters. The molecule has 0 saturated carbocycles. The second kappa shape index (κ2) is 10.6. The molecule has 0 radical (unpaired) electrons. The van der Waals surface area contributed by atoms with E-state index in [0.29, 0.717) is 12.5 Å². The normalized spacial score (nSPS) is 10.5. The van der Waals surface area contributed by atoms with E-state index in [-0.39, 0.29) is 12.5 Å². The van der Waals surface area contributed by atoms with Crippen molar-refractivity contribution in [2.24, 2.45) is 5.92 Å². The molecule has 0 unspecified atom stereocenters. The number of urea groups is 1. The highest BCUT2D eigenvalue weighted by Crippen LogP contribution is 2.03. The van der Waals surface area contributed by atoms with Crippen LogP contribution in [-0.4, -0.2) is 41.6 Å². The molecule has 0 aromatic heterocycles. The molecule has 19 heavy (non-hydrogen) atoms. The zero-order valence-corrected chi connectivity index (χ0v) is 12.4. The summed E-state index contributed by atoms with van der Waals surface area (Å²) in [6, 6.07) is 0.00161. The third kappa shape index (κ3) is 10.4. The number of carboxylic acid groups (broad SMARTS) is 1. The summed E-state index contributed by atoms with van der Waals surface area (Å²) >= 11 is 0. The van der Waals surface area contributed by atoms with Crippen molar-refractivity contribution in [1.82, 2.24) is 10.2 Å². The van der Waals surface area contributed by atoms with E-state index in [9.17, 15) is 9.59 Å². The van der Waals surface area contributed by atoms with Crippen LogP contribution in [0.3, 0.4) is 0 Å². The lowest BCUT2D eigenvalue weighted by Gasteiger charge is -2.23. The number of hydrogen-bond acceptors (Lipinski definition) is 2. The summed E-state index contributed by atoms with van der Waals surface area (Å²) in [5, 5.41) is 11.4. The Bertz CT molecular complexity index is 267. The Kier molecular flexibility index (Phi) is 9.94. The zero-order chi connectivity index (χ0) is 14.7. The first-order chi connectivity index (χ1) is 8.97. The number of carbonyl (C=O) groups excluding carboxylic acids is 1. The topological polar surface area (TPSA) is 69.6 Å². The summed E-state index contributed by atoms with van der Waals surface area (Å²) in [5.41, 5.74) is 0. The Morgan fingerprint density at radius 1 is 1.16 bits per heavy atom. The first-order valence-corrected chi connectivity index (χ1v) is 7.22. The molecule has 0 rings (SSSR count). The van der Waals surface area contributed by atoms with Crippen LogP contribution in [0.15, 0.2) is 0 Å². The molecule has 0 fully saturated rings. The number of nitrogens with one attached hydrogen (secondary N) is 1. The van der Waals surface area contributed by atoms with Crippen molar-refractivity contribution < 1.29 is 14.7 Å². The van der Waals surface area contributed by atoms with Crippen molar-refractivity contribution in [1.29, 1.82) is 0 Å². The van der Waals surface area contributed by atoms with Crippen LogP contribution in [0.5, 0.6) is 0 Å². The summed E-state index contributed by atoms with van der Waals surface area (Å²) in [5.74, 6) is -0.262. The van der Waals surface area contributed by atoms with Gasteiger partial charge in [0.05, 0.1) is 0 Å². The second-order valence-corrected chi connectivity index (χ2v) is 5.22. The Morgan fingerprint density at radius 2 is 1.79 bits per heavy atom. The van der Waals surface area contributed by atoms with Gasteiger partial charge in [0, 0.05) is 26.1 Å². The van der Waals surface area contributed by atoms with Gasteiger partial charge < -0.3 is 15.3 Å². The van der Waals surface area contributed by atoms with Crippen LogP contribution in [0.2, 0.25) is 0 Å². The number of unbranched alkanes of at least 4 members (excludes halogenated alkanes) is 3. The lowest BCUT2D eigenvalue weighted by Crippen LogP contribution is -2.42. The second-order valence-electron chi connectivity index (χ2n) is 5.22. The summed E-state index contributed by atoms with van der Waals surface area (Å²) < 4.78 is 0. The summed E-state index contributed by atoms with van der Waals surface area (Å²) in [7, 11) is 0. The standard InChI is InChI=1S/C14H28N2O3/c1-4-16(11-12(2)3)14(19)15-10-8-6-5-7-9-13(17)18/h12H,4-11H2,1-3H3,(H,15,19)(H,17,18). The van der Waals surface area contributed by atoms with Crippen LogP contribution in [0, 0.1) is 5.92 Å². The van der Waals surface area contributed by atoms with Crippen LogP contribution in [0.4, 0.5) is 4.79 Å². The highest BCUT2D eigenvalue weighted by atomic mass is 16.4. The number of hydrogen-bond donors (Lipinski definition) is 2. The molecule has 112 valence electrons. The molecular formula is C14H28N2O3. The van der Waals surface area contributed by atoms with E-state index in [0.717, 1.165) is 38.8 Å². The number of carboxylic acids is 1. The van der Waals surface area contributed by atoms with E-state index in [1.165, 1.54) is 0 Å². The van der Waals surface area contributed by atoms with E-state index in [1.54, 1.807) is 0 Å². The van der Waals surface area contributed by atoms with Crippen molar-refractivity contribution in [2.45, 2.75) is 52.9 Å². The van der Waals surface area contributed by atoms with Crippen molar-refractivity contribution in [3.63, 3.8) is 0 Å². The molecule has 2 N–H and O–H groups in total. The van der Waals surface area contributed by atoms with Crippen LogP contribution in [0.25, 0.3) is 0 Å². The number of amides is 2. The van der Waals surface area contributed by atoms with Gasteiger partial charge in [-0.1, -0.05) is 26.7 Å². The predicted molar refractivity (Wildman–Crippen MR) is 76.2 cm³/mol. The molecule has 2 amide bonds. The van der Waals surface area contributed by atoms with Gasteiger partial charge in [-0.3, -0.25) is 4.79 Å². The van der Waals surface area contributed by atoms with Gasteiger partial charge in [0.25, 0.3) is 0 Å². The summed E-state index contributed by atoms with van der Waals surface area (Å²) in [6.45, 7) is 8.34. The first kappa shape index (κ1) is 17.7. The minimum atomic E-state index is -0.736. The van der Waals surface area contributed by atoms with E-state index in [2.05, 4.69) is 19.2 Å². The number of aliphatic carboxylic acids is 1. The molecule has 0 bridgehead atoms. The third-order valence-electron chi connectivity index (χ3n) is 2.85. The fraction of sp³-hybridized carbons (Fsp3) is 0.857. The Balaban J connectivity index is 3.59. The van der Waals surface area contributed by atoms with Gasteiger partial charge in [0.15, 0.2) is 0 Å². The number of nitrogens with zero attached hydrogens (tertiary/aromatic N) is 1. The molecule has 0 aliphatic heterocycles. The fourth-order valence-electron chi connectivity index (χ4n) is 1.86. The highest BCUT2D eigenvalue weighted by Gasteiger charge is 2.11. The molecule has 0 aliphatic carbocycles. The van der Waals surface area contributed by atoms with Gasteiger partial charge in [-0.25, -0.2) is 4.79 Å². The van der Waals surface area contributed by atoms with E-state index >= 15 is 0 Å². The fourth-order valence-corrected chi connectivity index (χ4v) is 1.86. The molecule has 0 saturated heterocycles. The van der Waals surface area contributed by atoms with E-state index in [1.807, 2.05) is 11.8 Å². The maximum Gasteiger partial charge on any atom is 0.317 e. The number of rotatable bonds is 10. The maximum absolute atomic E-state index is 11.8. The largest absolute Gasteiger partial charge is 0.481 e. The van der Waals surface area contributed by atoms with Gasteiger partial charge in [0.2, 0.25) is 0 Å². The van der Waals surface area contributed by atoms with Gasteiger partial charge in [-0.2, -0.15) is 0 Å². The van der Waals surface area contributed by atoms with Crippen LogP contribution in [-0.2, 0) is 4.79 Å². The maximum atomic E-state index is 11.8. The van der Waals surface area contributed by atoms with E-state index in [4.69, 9.17) is 5.11 Å². The quantitative estimate of drug-likeness (QED) is 0.601. The molecule has 5 heteroatoms. The molecule has 0 aromatic rings. The minimum Gasteiger partial charge on any atom is -0.481 e. The van der Waals surface area contributed by atoms with Crippen molar-refractivity contribution in [3.8, 4) is 0 Å². The molecule has 5 nitrogen and oxygen atoms in total. The predicted octanol–water partition coefficient (Wildman–Crippen LogP) is 2.71. The zero-order valence-electron chi connectivity index (χ0n) is 12.4. The summed E-state index contributed by atoms with van der Waals surface area (Å²) in [6.07, 6.45) is 3.74. The van der Waals surface area contributed by atoms with Gasteiger partial charge in [-0.05, 0) is 25.7 Å². The molecule has 0 spiro atoms. The molecule has 0 aliphatic rings. The van der Waals surface area contributed by atoms with E-state index < -0.39 is 5.97 Å². The van der Waals surface area contributed by atoms with Gasteiger partial charge in [-0.15, -0.1) is 0 Å². The average molecular weight is 272 g/mol. The van der Waals surface area contributed by atoms with Crippen molar-refractivity contribution >= 4 is 12.0 Å². The van der Waals surface area contributed by atoms with Crippen LogP contribution < -0.4 is 5.32 Å². The Morgan fingerprint density at radius 3 is 2.32 bits per heavy atom. The van der Waals surface area contributed by atoms with Crippen molar-refractivity contribution in [3.05, 3.63) is 0 Å². The lowest BCUT2D eigenvalue weighted by atomic mass is 10.1. The third-order valence-corrected chi connectivity index (χ3v) is 2.85. The average Bonchev–Trinajstić information content (AvgIpc) is 2.33. The molecule has 0 heterocycles. The lowest BCUT2D eigenvalue weighted by molar-refractivity contribution is -0.137. The van der Waals surface area contributed by atoms with Crippen LogP contribution >= 0.6 is 0 Å². The van der Waals surface area contributed by atoms with Crippen molar-refractivity contribution in [2.75, 3.05) is 19.6 Å². The van der Waals surface area contributed by atoms with Gasteiger partial charge >= 0.3 is 12.0 Å². The smallest absolute Gasteiger partial charge is 0.317 e.